The molecule has 0 fully saturated rings. The molecule has 4 nitrogen and oxygen atoms in total. The Hall–Kier alpha value is -1.58. The summed E-state index contributed by atoms with van der Waals surface area (Å²) in [6.45, 7) is 1.72. The molecule has 4 heteroatoms. The lowest BCUT2D eigenvalue weighted by Gasteiger charge is -1.97. The minimum atomic E-state index is -0.546. The van der Waals surface area contributed by atoms with Crippen LogP contribution in [-0.4, -0.2) is 18.3 Å². The van der Waals surface area contributed by atoms with Crippen molar-refractivity contribution in [3.05, 3.63) is 29.6 Å². The summed E-state index contributed by atoms with van der Waals surface area (Å²) in [6, 6.07) is 3.36. The summed E-state index contributed by atoms with van der Waals surface area (Å²) in [5.74, 6) is -0.546. The van der Waals surface area contributed by atoms with E-state index in [9.17, 15) is 10.0 Å². The molecule has 0 spiro atoms. The summed E-state index contributed by atoms with van der Waals surface area (Å²) in [5.41, 5.74) is 0.826. The van der Waals surface area contributed by atoms with Crippen molar-refractivity contribution < 1.29 is 19.5 Å². The van der Waals surface area contributed by atoms with Gasteiger partial charge < -0.3 is 4.74 Å². The molecular formula is C8H10NO3+. The lowest BCUT2D eigenvalue weighted by Crippen LogP contribution is -2.38. The number of esters is 1. The fourth-order valence-corrected chi connectivity index (χ4v) is 0.954. The number of rotatable bonds is 1. The molecule has 0 radical (unpaired) electrons. The predicted molar refractivity (Wildman–Crippen MR) is 39.9 cm³/mol. The lowest BCUT2D eigenvalue weighted by molar-refractivity contribution is -0.906. The summed E-state index contributed by atoms with van der Waals surface area (Å²) >= 11 is 0. The lowest BCUT2D eigenvalue weighted by atomic mass is 10.2. The van der Waals surface area contributed by atoms with E-state index in [1.807, 2.05) is 0 Å². The number of methoxy groups -OCH3 is 1. The van der Waals surface area contributed by atoms with Gasteiger partial charge in [-0.2, -0.15) is 0 Å². The van der Waals surface area contributed by atoms with Gasteiger partial charge in [0.1, 0.15) is 0 Å². The van der Waals surface area contributed by atoms with E-state index in [4.69, 9.17) is 0 Å². The van der Waals surface area contributed by atoms with Gasteiger partial charge in [0.25, 0.3) is 0 Å². The highest BCUT2D eigenvalue weighted by Crippen LogP contribution is 2.01. The van der Waals surface area contributed by atoms with Crippen LogP contribution in [0.2, 0.25) is 0 Å². The normalized spacial score (nSPS) is 9.50. The maximum absolute atomic E-state index is 11.1. The van der Waals surface area contributed by atoms with E-state index < -0.39 is 5.97 Å². The standard InChI is InChI=1S/C8H10NO3/c1-6-4-3-5-9(11)7(6)8(10)12-2/h3-5,11H,1-2H3/q+1. The molecule has 0 aromatic carbocycles. The highest BCUT2D eigenvalue weighted by atomic mass is 16.5. The van der Waals surface area contributed by atoms with E-state index in [1.165, 1.54) is 13.3 Å². The van der Waals surface area contributed by atoms with Crippen molar-refractivity contribution in [3.63, 3.8) is 0 Å². The smallest absolute Gasteiger partial charge is 0.408 e. The second kappa shape index (κ2) is 3.21. The number of aromatic nitrogens is 1. The van der Waals surface area contributed by atoms with Crippen LogP contribution in [0.1, 0.15) is 16.1 Å². The molecular weight excluding hydrogens is 158 g/mol. The van der Waals surface area contributed by atoms with E-state index in [0.29, 0.717) is 5.56 Å². The average molecular weight is 168 g/mol. The van der Waals surface area contributed by atoms with Gasteiger partial charge in [-0.05, 0) is 13.0 Å². The molecule has 1 aromatic rings. The molecule has 1 aromatic heterocycles. The summed E-state index contributed by atoms with van der Waals surface area (Å²) in [6.07, 6.45) is 1.37. The molecule has 0 aliphatic heterocycles. The van der Waals surface area contributed by atoms with Crippen LogP contribution in [0.3, 0.4) is 0 Å². The van der Waals surface area contributed by atoms with Gasteiger partial charge >= 0.3 is 11.7 Å². The molecule has 0 saturated carbocycles. The SMILES string of the molecule is COC(=O)c1c(C)ccc[n+]1O. The molecule has 1 rings (SSSR count). The predicted octanol–water partition coefficient (Wildman–Crippen LogP) is 0.306. The van der Waals surface area contributed by atoms with Crippen molar-refractivity contribution in [3.8, 4) is 0 Å². The fourth-order valence-electron chi connectivity index (χ4n) is 0.954. The minimum absolute atomic E-state index is 0.153. The Kier molecular flexibility index (Phi) is 2.28. The van der Waals surface area contributed by atoms with E-state index >= 15 is 0 Å². The van der Waals surface area contributed by atoms with Crippen LogP contribution < -0.4 is 4.73 Å². The first-order valence-corrected chi connectivity index (χ1v) is 3.45. The van der Waals surface area contributed by atoms with Crippen molar-refractivity contribution in [1.29, 1.82) is 0 Å². The Balaban J connectivity index is 3.21. The van der Waals surface area contributed by atoms with Gasteiger partial charge in [0.05, 0.1) is 7.11 Å². The molecule has 0 amide bonds. The first-order valence-electron chi connectivity index (χ1n) is 3.45. The zero-order valence-corrected chi connectivity index (χ0v) is 6.94. The van der Waals surface area contributed by atoms with Crippen molar-refractivity contribution in [2.24, 2.45) is 0 Å². The molecule has 0 unspecified atom stereocenters. The number of ether oxygens (including phenoxy) is 1. The van der Waals surface area contributed by atoms with Crippen LogP contribution in [0.25, 0.3) is 0 Å². The zero-order valence-electron chi connectivity index (χ0n) is 6.94. The molecule has 0 aliphatic carbocycles. The van der Waals surface area contributed by atoms with Crippen LogP contribution >= 0.6 is 0 Å². The summed E-state index contributed by atoms with van der Waals surface area (Å²) in [5, 5.41) is 9.21. The van der Waals surface area contributed by atoms with Gasteiger partial charge in [-0.15, -0.1) is 0 Å². The Labute approximate surface area is 70.0 Å². The van der Waals surface area contributed by atoms with Crippen molar-refractivity contribution in [1.82, 2.24) is 0 Å². The van der Waals surface area contributed by atoms with E-state index in [1.54, 1.807) is 19.1 Å². The van der Waals surface area contributed by atoms with E-state index in [-0.39, 0.29) is 5.69 Å². The molecule has 0 bridgehead atoms. The molecule has 1 N–H and O–H groups in total. The van der Waals surface area contributed by atoms with Crippen molar-refractivity contribution in [2.75, 3.05) is 7.11 Å². The van der Waals surface area contributed by atoms with Crippen LogP contribution in [0, 0.1) is 6.92 Å². The van der Waals surface area contributed by atoms with Crippen molar-refractivity contribution >= 4 is 5.97 Å². The highest BCUT2D eigenvalue weighted by Gasteiger charge is 2.22. The third kappa shape index (κ3) is 1.37. The largest absolute Gasteiger partial charge is 0.461 e. The van der Waals surface area contributed by atoms with Gasteiger partial charge in [0, 0.05) is 16.4 Å². The number of aryl methyl sites for hydroxylation is 1. The summed E-state index contributed by atoms with van der Waals surface area (Å²) in [4.78, 5) is 11.1. The first kappa shape index (κ1) is 8.52. The van der Waals surface area contributed by atoms with Crippen LogP contribution in [0.4, 0.5) is 0 Å². The number of pyridine rings is 1. The fraction of sp³-hybridized carbons (Fsp3) is 0.250. The Morgan fingerprint density at radius 3 is 2.83 bits per heavy atom. The number of carbonyl (C=O) groups is 1. The molecule has 1 heterocycles. The summed E-state index contributed by atoms with van der Waals surface area (Å²) < 4.78 is 5.23. The monoisotopic (exact) mass is 168 g/mol. The van der Waals surface area contributed by atoms with Gasteiger partial charge in [-0.3, -0.25) is 5.21 Å². The number of hydrogen-bond donors (Lipinski definition) is 1. The number of nitrogens with zero attached hydrogens (tertiary/aromatic N) is 1. The Morgan fingerprint density at radius 1 is 1.67 bits per heavy atom. The Morgan fingerprint density at radius 2 is 2.33 bits per heavy atom. The summed E-state index contributed by atoms with van der Waals surface area (Å²) in [7, 11) is 1.27. The van der Waals surface area contributed by atoms with Crippen LogP contribution in [0.5, 0.6) is 0 Å². The number of carbonyl (C=O) groups excluding carboxylic acids is 1. The van der Waals surface area contributed by atoms with Gasteiger partial charge in [0.15, 0.2) is 0 Å². The molecule has 12 heavy (non-hydrogen) atoms. The maximum atomic E-state index is 11.1. The topological polar surface area (TPSA) is 50.4 Å². The highest BCUT2D eigenvalue weighted by molar-refractivity contribution is 5.86. The third-order valence-corrected chi connectivity index (χ3v) is 1.55. The minimum Gasteiger partial charge on any atom is -0.461 e. The third-order valence-electron chi connectivity index (χ3n) is 1.55. The molecule has 64 valence electrons. The van der Waals surface area contributed by atoms with E-state index in [2.05, 4.69) is 4.74 Å². The van der Waals surface area contributed by atoms with Crippen molar-refractivity contribution in [2.45, 2.75) is 6.92 Å². The average Bonchev–Trinajstić information content (AvgIpc) is 2.03. The van der Waals surface area contributed by atoms with Gasteiger partial charge in [-0.1, -0.05) is 0 Å². The quantitative estimate of drug-likeness (QED) is 0.373. The van der Waals surface area contributed by atoms with Gasteiger partial charge in [0.2, 0.25) is 6.20 Å². The van der Waals surface area contributed by atoms with E-state index in [0.717, 1.165) is 4.73 Å². The maximum Gasteiger partial charge on any atom is 0.408 e. The van der Waals surface area contributed by atoms with Crippen LogP contribution in [-0.2, 0) is 4.74 Å². The zero-order chi connectivity index (χ0) is 9.14. The second-order valence-electron chi connectivity index (χ2n) is 2.38. The van der Waals surface area contributed by atoms with Crippen LogP contribution in [0.15, 0.2) is 18.3 Å². The first-order chi connectivity index (χ1) is 5.66. The molecule has 0 saturated heterocycles. The molecule has 0 atom stereocenters. The Bertz CT molecular complexity index is 289. The van der Waals surface area contributed by atoms with Gasteiger partial charge in [-0.25, -0.2) is 4.79 Å². The second-order valence-corrected chi connectivity index (χ2v) is 2.38. The number of hydrogen-bond acceptors (Lipinski definition) is 3. The molecule has 0 aliphatic rings.